The molecule has 0 aliphatic carbocycles. The van der Waals surface area contributed by atoms with E-state index in [-0.39, 0.29) is 17.1 Å². The molecule has 138 valence electrons. The van der Waals surface area contributed by atoms with Gasteiger partial charge < -0.3 is 26.4 Å². The number of nitrogen functional groups attached to an aromatic ring is 2. The molecule has 2 aromatic carbocycles. The highest BCUT2D eigenvalue weighted by molar-refractivity contribution is 7.22. The third-order valence-electron chi connectivity index (χ3n) is 2.92. The number of alkyl halides is 2. The fourth-order valence-corrected chi connectivity index (χ4v) is 2.68. The van der Waals surface area contributed by atoms with Gasteiger partial charge in [0.2, 0.25) is 0 Å². The fraction of sp³-hybridized carbons (Fsp3) is 0.125. The van der Waals surface area contributed by atoms with Crippen molar-refractivity contribution in [2.75, 3.05) is 11.5 Å². The molecule has 1 heterocycles. The number of halogens is 2. The quantitative estimate of drug-likeness (QED) is 0.402. The van der Waals surface area contributed by atoms with E-state index in [4.69, 9.17) is 21.7 Å². The summed E-state index contributed by atoms with van der Waals surface area (Å²) in [6, 6.07) is 8.43. The van der Waals surface area contributed by atoms with Gasteiger partial charge in [0, 0.05) is 12.6 Å². The third kappa shape index (κ3) is 5.18. The molecule has 0 saturated carbocycles. The number of aromatic nitrogens is 1. The number of nitrogens with two attached hydrogens (primary N) is 2. The van der Waals surface area contributed by atoms with Gasteiger partial charge in [-0.05, 0) is 36.4 Å². The summed E-state index contributed by atoms with van der Waals surface area (Å²) in [7, 11) is 0. The minimum atomic E-state index is -3.18. The molecular weight excluding hydrogens is 368 g/mol. The van der Waals surface area contributed by atoms with Crippen molar-refractivity contribution in [3.05, 3.63) is 42.0 Å². The maximum atomic E-state index is 12.6. The zero-order chi connectivity index (χ0) is 19.5. The highest BCUT2D eigenvalue weighted by atomic mass is 32.1. The van der Waals surface area contributed by atoms with Crippen LogP contribution in [0.25, 0.3) is 10.2 Å². The normalized spacial score (nSPS) is 10.9. The molecule has 0 atom stereocenters. The van der Waals surface area contributed by atoms with E-state index < -0.39 is 12.1 Å². The van der Waals surface area contributed by atoms with Gasteiger partial charge in [-0.3, -0.25) is 0 Å². The second-order valence-corrected chi connectivity index (χ2v) is 6.24. The number of carbonyl (C=O) groups is 1. The summed E-state index contributed by atoms with van der Waals surface area (Å²) in [6.07, 6.45) is -3.18. The maximum absolute atomic E-state index is 12.6. The van der Waals surface area contributed by atoms with Crippen LogP contribution in [-0.4, -0.2) is 27.3 Å². The minimum Gasteiger partial charge on any atom is -0.507 e. The Morgan fingerprint density at radius 2 is 1.92 bits per heavy atom. The average molecular weight is 383 g/mol. The first-order chi connectivity index (χ1) is 12.0. The lowest BCUT2D eigenvalue weighted by Gasteiger charge is -2.12. The van der Waals surface area contributed by atoms with Gasteiger partial charge in [-0.2, -0.15) is 8.78 Å². The van der Waals surface area contributed by atoms with Crippen LogP contribution in [0.3, 0.4) is 0 Å². The number of ether oxygens (including phenoxy) is 1. The molecule has 1 aromatic heterocycles. The highest BCUT2D eigenvalue weighted by Crippen LogP contribution is 2.29. The van der Waals surface area contributed by atoms with Crippen LogP contribution in [0, 0.1) is 0 Å². The molecule has 0 unspecified atom stereocenters. The zero-order valence-electron chi connectivity index (χ0n) is 13.4. The highest BCUT2D eigenvalue weighted by Gasteiger charge is 2.23. The Bertz CT molecular complexity index is 941. The van der Waals surface area contributed by atoms with E-state index in [1.807, 2.05) is 0 Å². The van der Waals surface area contributed by atoms with Gasteiger partial charge in [-0.15, -0.1) is 0 Å². The van der Waals surface area contributed by atoms with Gasteiger partial charge in [0.15, 0.2) is 5.13 Å². The van der Waals surface area contributed by atoms with Gasteiger partial charge in [0.1, 0.15) is 17.1 Å². The van der Waals surface area contributed by atoms with Crippen LogP contribution in [0.15, 0.2) is 36.4 Å². The summed E-state index contributed by atoms with van der Waals surface area (Å²) in [5.74, 6) is -1.35. The molecule has 3 aromatic rings. The molecule has 0 bridgehead atoms. The first-order valence-corrected chi connectivity index (χ1v) is 7.91. The van der Waals surface area contributed by atoms with Crippen molar-refractivity contribution in [3.63, 3.8) is 0 Å². The summed E-state index contributed by atoms with van der Waals surface area (Å²) in [5, 5.41) is 17.9. The number of hydrogen-bond acceptors (Lipinski definition) is 7. The molecule has 0 amide bonds. The molecular formula is C16H15F2N3O4S. The van der Waals surface area contributed by atoms with E-state index in [1.165, 1.54) is 41.7 Å². The van der Waals surface area contributed by atoms with Crippen LogP contribution in [0.1, 0.15) is 17.3 Å². The van der Waals surface area contributed by atoms with Crippen LogP contribution < -0.4 is 16.2 Å². The number of anilines is 2. The van der Waals surface area contributed by atoms with E-state index in [0.717, 1.165) is 4.70 Å². The van der Waals surface area contributed by atoms with Crippen molar-refractivity contribution in [2.24, 2.45) is 0 Å². The Kier molecular flexibility index (Phi) is 5.46. The van der Waals surface area contributed by atoms with E-state index >= 15 is 0 Å². The number of aromatic carboxylic acids is 1. The molecule has 0 aliphatic rings. The van der Waals surface area contributed by atoms with Crippen LogP contribution in [0.4, 0.5) is 19.6 Å². The van der Waals surface area contributed by atoms with Crippen LogP contribution >= 0.6 is 11.3 Å². The first kappa shape index (κ1) is 19.2. The Labute approximate surface area is 150 Å². The Morgan fingerprint density at radius 1 is 1.23 bits per heavy atom. The van der Waals surface area contributed by atoms with E-state index in [1.54, 1.807) is 6.07 Å². The molecule has 10 heteroatoms. The molecule has 6 N–H and O–H groups in total. The number of fused-ring (bicyclic) bond motifs is 1. The molecule has 0 fully saturated rings. The van der Waals surface area contributed by atoms with Crippen molar-refractivity contribution >= 4 is 38.3 Å². The largest absolute Gasteiger partial charge is 0.507 e. The van der Waals surface area contributed by atoms with E-state index in [0.29, 0.717) is 23.3 Å². The molecule has 0 spiro atoms. The Balaban J connectivity index is 0.000000197. The van der Waals surface area contributed by atoms with E-state index in [9.17, 15) is 13.6 Å². The number of thiazole rings is 1. The van der Waals surface area contributed by atoms with Crippen molar-refractivity contribution in [2.45, 2.75) is 13.0 Å². The van der Waals surface area contributed by atoms with Gasteiger partial charge in [0.05, 0.1) is 10.2 Å². The summed E-state index contributed by atoms with van der Waals surface area (Å²) in [6.45, 7) is 0.693. The molecule has 26 heavy (non-hydrogen) atoms. The first-order valence-electron chi connectivity index (χ1n) is 7.10. The number of hydrogen-bond donors (Lipinski definition) is 4. The number of aromatic hydroxyl groups is 1. The smallest absolute Gasteiger partial charge is 0.394 e. The lowest BCUT2D eigenvalue weighted by molar-refractivity contribution is -0.158. The second kappa shape index (κ2) is 7.40. The van der Waals surface area contributed by atoms with Gasteiger partial charge in [-0.25, -0.2) is 9.78 Å². The summed E-state index contributed by atoms with van der Waals surface area (Å²) < 4.78 is 30.3. The maximum Gasteiger partial charge on any atom is 0.394 e. The average Bonchev–Trinajstić information content (AvgIpc) is 2.88. The lowest BCUT2D eigenvalue weighted by Crippen LogP contribution is -2.18. The SMILES string of the molecule is CC(F)(F)Oc1ccc2nc(N)sc2c1.Nc1ccc(O)c(C(=O)O)c1. The second-order valence-electron chi connectivity index (χ2n) is 5.17. The number of nitrogens with zero attached hydrogens (tertiary/aromatic N) is 1. The number of phenols is 1. The van der Waals surface area contributed by atoms with Gasteiger partial charge in [-0.1, -0.05) is 11.3 Å². The molecule has 7 nitrogen and oxygen atoms in total. The van der Waals surface area contributed by atoms with Crippen LogP contribution in [0.2, 0.25) is 0 Å². The molecule has 0 saturated heterocycles. The van der Waals surface area contributed by atoms with Crippen molar-refractivity contribution in [3.8, 4) is 11.5 Å². The van der Waals surface area contributed by atoms with Crippen molar-refractivity contribution < 1.29 is 28.5 Å². The number of rotatable bonds is 3. The topological polar surface area (TPSA) is 132 Å². The number of carboxylic acid groups (broad SMARTS) is 1. The predicted octanol–water partition coefficient (Wildman–Crippen LogP) is 3.54. The molecule has 0 aliphatic heterocycles. The van der Waals surface area contributed by atoms with Crippen molar-refractivity contribution in [1.29, 1.82) is 0 Å². The number of carboxylic acids is 1. The predicted molar refractivity (Wildman–Crippen MR) is 94.8 cm³/mol. The minimum absolute atomic E-state index is 0.110. The Hall–Kier alpha value is -3.14. The van der Waals surface area contributed by atoms with Gasteiger partial charge in [0.25, 0.3) is 0 Å². The van der Waals surface area contributed by atoms with Crippen LogP contribution in [0.5, 0.6) is 11.5 Å². The summed E-state index contributed by atoms with van der Waals surface area (Å²) in [5.41, 5.74) is 11.6. The van der Waals surface area contributed by atoms with E-state index in [2.05, 4.69) is 9.72 Å². The monoisotopic (exact) mass is 383 g/mol. The standard InChI is InChI=1S/C9H8F2N2OS.C7H7NO3/c1-9(10,11)14-5-2-3-6-7(4-5)15-8(12)13-6;8-4-1-2-6(9)5(3-4)7(10)11/h2-4H,1H3,(H2,12,13);1-3,9H,8H2,(H,10,11). The van der Waals surface area contributed by atoms with Crippen LogP contribution in [-0.2, 0) is 0 Å². The molecule has 3 rings (SSSR count). The summed E-state index contributed by atoms with van der Waals surface area (Å²) >= 11 is 1.23. The number of benzene rings is 2. The lowest BCUT2D eigenvalue weighted by atomic mass is 10.2. The fourth-order valence-electron chi connectivity index (χ4n) is 1.92. The van der Waals surface area contributed by atoms with Crippen molar-refractivity contribution in [1.82, 2.24) is 4.98 Å². The summed E-state index contributed by atoms with van der Waals surface area (Å²) in [4.78, 5) is 14.4. The zero-order valence-corrected chi connectivity index (χ0v) is 14.3. The molecule has 0 radical (unpaired) electrons. The van der Waals surface area contributed by atoms with Gasteiger partial charge >= 0.3 is 12.1 Å². The Morgan fingerprint density at radius 3 is 2.50 bits per heavy atom. The third-order valence-corrected chi connectivity index (χ3v) is 3.77.